The van der Waals surface area contributed by atoms with Gasteiger partial charge in [-0.25, -0.2) is 9.59 Å². The Labute approximate surface area is 165 Å². The highest BCUT2D eigenvalue weighted by molar-refractivity contribution is 6.55. The van der Waals surface area contributed by atoms with Gasteiger partial charge < -0.3 is 14.0 Å². The largest absolute Gasteiger partial charge is 0.464 e. The number of hydrogen-bond donors (Lipinski definition) is 0. The zero-order chi connectivity index (χ0) is 20.6. The molecule has 150 valence electrons. The molecule has 1 unspecified atom stereocenters. The van der Waals surface area contributed by atoms with E-state index in [4.69, 9.17) is 9.47 Å². The molecule has 0 saturated heterocycles. The lowest BCUT2D eigenvalue weighted by Crippen LogP contribution is -2.54. The first-order chi connectivity index (χ1) is 12.6. The van der Waals surface area contributed by atoms with E-state index in [1.165, 1.54) is 0 Å². The molecule has 0 aliphatic carbocycles. The number of hydrogen-bond acceptors (Lipinski definition) is 4. The number of ether oxygens (including phenoxy) is 2. The van der Waals surface area contributed by atoms with E-state index in [0.717, 1.165) is 17.5 Å². The highest BCUT2D eigenvalue weighted by Crippen LogP contribution is 2.18. The van der Waals surface area contributed by atoms with Crippen LogP contribution in [0, 0.1) is 0 Å². The van der Waals surface area contributed by atoms with Crippen molar-refractivity contribution in [1.29, 1.82) is 0 Å². The number of allylic oxidation sites excluding steroid dienone is 1. The van der Waals surface area contributed by atoms with Crippen LogP contribution in [0.4, 0.5) is 4.79 Å². The number of benzene rings is 1. The lowest BCUT2D eigenvalue weighted by molar-refractivity contribution is -0.147. The highest BCUT2D eigenvalue weighted by Gasteiger charge is 2.35. The van der Waals surface area contributed by atoms with Crippen LogP contribution in [0.1, 0.15) is 38.8 Å². The van der Waals surface area contributed by atoms with Crippen molar-refractivity contribution in [2.45, 2.75) is 65.3 Å². The molecule has 0 fully saturated rings. The third kappa shape index (κ3) is 7.59. The second kappa shape index (κ2) is 10.3. The third-order valence-corrected chi connectivity index (χ3v) is 5.57. The van der Waals surface area contributed by atoms with Gasteiger partial charge in [0.05, 0.1) is 6.61 Å². The average molecular weight is 392 g/mol. The maximum Gasteiger partial charge on any atom is 0.402 e. The maximum absolute atomic E-state index is 12.8. The number of rotatable bonds is 8. The van der Waals surface area contributed by atoms with Crippen LogP contribution in [0.2, 0.25) is 13.1 Å². The van der Waals surface area contributed by atoms with Crippen LogP contribution in [-0.2, 0) is 27.1 Å². The molecule has 5 nitrogen and oxygen atoms in total. The fourth-order valence-electron chi connectivity index (χ4n) is 2.75. The Balaban J connectivity index is 3.13. The predicted octanol–water partition coefficient (Wildman–Crippen LogP) is 4.11. The second-order valence-corrected chi connectivity index (χ2v) is 10.5. The summed E-state index contributed by atoms with van der Waals surface area (Å²) in [5.74, 6) is -0.389. The lowest BCUT2D eigenvalue weighted by Gasteiger charge is -2.35. The van der Waals surface area contributed by atoms with E-state index in [2.05, 4.69) is 6.58 Å². The monoisotopic (exact) mass is 391 g/mol. The summed E-state index contributed by atoms with van der Waals surface area (Å²) in [5.41, 5.74) is 1.51. The average Bonchev–Trinajstić information content (AvgIpc) is 2.54. The van der Waals surface area contributed by atoms with Crippen molar-refractivity contribution in [2.75, 3.05) is 6.61 Å². The van der Waals surface area contributed by atoms with Crippen molar-refractivity contribution >= 4 is 21.0 Å². The fourth-order valence-corrected chi connectivity index (χ4v) is 4.17. The molecule has 1 rings (SSSR count). The van der Waals surface area contributed by atoms with E-state index in [1.807, 2.05) is 64.2 Å². The van der Waals surface area contributed by atoms with Crippen LogP contribution < -0.4 is 0 Å². The van der Waals surface area contributed by atoms with Gasteiger partial charge in [0.25, 0.3) is 0 Å². The second-order valence-electron chi connectivity index (χ2n) is 7.76. The summed E-state index contributed by atoms with van der Waals surface area (Å²) in [6.07, 6.45) is 2.60. The van der Waals surface area contributed by atoms with Crippen LogP contribution in [-0.4, -0.2) is 43.8 Å². The lowest BCUT2D eigenvalue weighted by atomic mass is 10.0. The zero-order valence-electron chi connectivity index (χ0n) is 17.5. The zero-order valence-corrected chi connectivity index (χ0v) is 18.6. The molecular weight excluding hydrogens is 358 g/mol. The minimum Gasteiger partial charge on any atom is -0.464 e. The number of nitrogens with zero attached hydrogens (tertiary/aromatic N) is 1. The van der Waals surface area contributed by atoms with Crippen LogP contribution >= 0.6 is 0 Å². The molecule has 1 amide bonds. The van der Waals surface area contributed by atoms with Crippen molar-refractivity contribution in [2.24, 2.45) is 0 Å². The van der Waals surface area contributed by atoms with Gasteiger partial charge in [-0.2, -0.15) is 0 Å². The van der Waals surface area contributed by atoms with E-state index >= 15 is 0 Å². The van der Waals surface area contributed by atoms with Crippen LogP contribution in [0.3, 0.4) is 0 Å². The molecule has 27 heavy (non-hydrogen) atoms. The molecule has 0 N–H and O–H groups in total. The summed E-state index contributed by atoms with van der Waals surface area (Å²) < 4.78 is 12.4. The Hall–Kier alpha value is -2.08. The van der Waals surface area contributed by atoms with E-state index in [9.17, 15) is 9.59 Å². The van der Waals surface area contributed by atoms with Gasteiger partial charge in [-0.05, 0) is 45.2 Å². The molecule has 6 heteroatoms. The minimum absolute atomic E-state index is 0.273. The molecule has 0 radical (unpaired) electrons. The molecule has 0 spiro atoms. The molecule has 0 aromatic heterocycles. The standard InChI is InChI=1S/C21H33NO4Si/c1-8-10-16-11-13-17(14-12-16)15-18(19(23)25-9-2)22(27(6)7)20(24)26-21(3,4)5/h8,11-14,18,27H,1,9-10,15H2,2-7H3. The van der Waals surface area contributed by atoms with Gasteiger partial charge in [-0.3, -0.25) is 0 Å². The van der Waals surface area contributed by atoms with Gasteiger partial charge in [-0.1, -0.05) is 43.4 Å². The minimum atomic E-state index is -1.69. The summed E-state index contributed by atoms with van der Waals surface area (Å²) >= 11 is 0. The molecule has 1 aromatic rings. The van der Waals surface area contributed by atoms with Gasteiger partial charge >= 0.3 is 12.1 Å². The van der Waals surface area contributed by atoms with E-state index < -0.39 is 26.7 Å². The Kier molecular flexibility index (Phi) is 8.76. The molecule has 0 aliphatic heterocycles. The number of amides is 1. The SMILES string of the molecule is C=CCc1ccc(CC(C(=O)OCC)N(C(=O)OC(C)(C)C)[SiH](C)C)cc1. The van der Waals surface area contributed by atoms with E-state index in [-0.39, 0.29) is 12.6 Å². The van der Waals surface area contributed by atoms with E-state index in [0.29, 0.717) is 6.42 Å². The van der Waals surface area contributed by atoms with Gasteiger partial charge in [0, 0.05) is 6.42 Å². The Morgan fingerprint density at radius 1 is 1.19 bits per heavy atom. The first kappa shape index (κ1) is 23.0. The maximum atomic E-state index is 12.8. The van der Waals surface area contributed by atoms with Gasteiger partial charge in [0.1, 0.15) is 20.6 Å². The topological polar surface area (TPSA) is 55.8 Å². The Morgan fingerprint density at radius 3 is 2.19 bits per heavy atom. The summed E-state index contributed by atoms with van der Waals surface area (Å²) in [5, 5.41) is 0. The molecule has 0 saturated carbocycles. The molecule has 0 bridgehead atoms. The molecule has 0 aliphatic rings. The summed E-state index contributed by atoms with van der Waals surface area (Å²) in [7, 11) is -1.69. The normalized spacial score (nSPS) is 12.4. The van der Waals surface area contributed by atoms with Crippen molar-refractivity contribution < 1.29 is 19.1 Å². The first-order valence-corrected chi connectivity index (χ1v) is 12.3. The molecule has 1 aromatic carbocycles. The summed E-state index contributed by atoms with van der Waals surface area (Å²) in [6.45, 7) is 15.3. The summed E-state index contributed by atoms with van der Waals surface area (Å²) in [6, 6.07) is 7.32. The molecular formula is C21H33NO4Si. The van der Waals surface area contributed by atoms with Crippen molar-refractivity contribution in [3.63, 3.8) is 0 Å². The van der Waals surface area contributed by atoms with Crippen molar-refractivity contribution in [1.82, 2.24) is 4.57 Å². The van der Waals surface area contributed by atoms with Crippen molar-refractivity contribution in [3.05, 3.63) is 48.0 Å². The van der Waals surface area contributed by atoms with Crippen LogP contribution in [0.15, 0.2) is 36.9 Å². The van der Waals surface area contributed by atoms with Gasteiger partial charge in [-0.15, -0.1) is 6.58 Å². The fraction of sp³-hybridized carbons (Fsp3) is 0.524. The first-order valence-electron chi connectivity index (χ1n) is 9.45. The third-order valence-electron chi connectivity index (χ3n) is 3.89. The van der Waals surface area contributed by atoms with Gasteiger partial charge in [0.2, 0.25) is 0 Å². The smallest absolute Gasteiger partial charge is 0.402 e. The highest BCUT2D eigenvalue weighted by atomic mass is 28.3. The van der Waals surface area contributed by atoms with E-state index in [1.54, 1.807) is 11.5 Å². The van der Waals surface area contributed by atoms with Crippen LogP contribution in [0.5, 0.6) is 0 Å². The Morgan fingerprint density at radius 2 is 1.74 bits per heavy atom. The van der Waals surface area contributed by atoms with Gasteiger partial charge in [0.15, 0.2) is 0 Å². The predicted molar refractivity (Wildman–Crippen MR) is 111 cm³/mol. The molecule has 0 heterocycles. The quantitative estimate of drug-likeness (QED) is 0.380. The Bertz CT molecular complexity index is 635. The van der Waals surface area contributed by atoms with Crippen molar-refractivity contribution in [3.8, 4) is 0 Å². The van der Waals surface area contributed by atoms with Crippen LogP contribution in [0.25, 0.3) is 0 Å². The summed E-state index contributed by atoms with van der Waals surface area (Å²) in [4.78, 5) is 25.5. The number of carbonyl (C=O) groups excluding carboxylic acids is 2. The molecule has 1 atom stereocenters. The number of esters is 1. The number of carbonyl (C=O) groups is 2.